The third-order valence-corrected chi connectivity index (χ3v) is 4.91. The Morgan fingerprint density at radius 1 is 1.03 bits per heavy atom. The van der Waals surface area contributed by atoms with Gasteiger partial charge in [-0.1, -0.05) is 24.3 Å². The van der Waals surface area contributed by atoms with E-state index in [9.17, 15) is 9.59 Å². The predicted octanol–water partition coefficient (Wildman–Crippen LogP) is 4.73. The summed E-state index contributed by atoms with van der Waals surface area (Å²) in [5.41, 5.74) is 8.23. The van der Waals surface area contributed by atoms with Gasteiger partial charge >= 0.3 is 5.97 Å². The average molecular weight is 418 g/mol. The molecule has 1 N–H and O–H groups in total. The first-order chi connectivity index (χ1) is 14.8. The molecule has 0 aliphatic rings. The largest absolute Gasteiger partial charge is 0.459 e. The summed E-state index contributed by atoms with van der Waals surface area (Å²) in [7, 11) is 0. The molecule has 0 saturated heterocycles. The highest BCUT2D eigenvalue weighted by atomic mass is 16.5. The van der Waals surface area contributed by atoms with Crippen LogP contribution >= 0.6 is 0 Å². The lowest BCUT2D eigenvalue weighted by atomic mass is 10.1. The van der Waals surface area contributed by atoms with E-state index in [0.29, 0.717) is 11.1 Å². The first-order valence-corrected chi connectivity index (χ1v) is 10.2. The second-order valence-corrected chi connectivity index (χ2v) is 7.68. The molecule has 6 heteroatoms. The van der Waals surface area contributed by atoms with Gasteiger partial charge in [0.05, 0.1) is 17.9 Å². The smallest absolute Gasteiger partial charge is 0.338 e. The molecule has 0 aliphatic heterocycles. The maximum Gasteiger partial charge on any atom is 0.338 e. The molecule has 3 aromatic rings. The van der Waals surface area contributed by atoms with Gasteiger partial charge in [-0.2, -0.15) is 5.10 Å². The number of esters is 1. The fourth-order valence-corrected chi connectivity index (χ4v) is 3.42. The Morgan fingerprint density at radius 2 is 1.77 bits per heavy atom. The molecule has 3 rings (SSSR count). The summed E-state index contributed by atoms with van der Waals surface area (Å²) in [5, 5.41) is 4.13. The van der Waals surface area contributed by atoms with Crippen LogP contribution in [0.5, 0.6) is 0 Å². The zero-order valence-electron chi connectivity index (χ0n) is 18.5. The summed E-state index contributed by atoms with van der Waals surface area (Å²) in [6, 6.07) is 16.7. The van der Waals surface area contributed by atoms with Crippen molar-refractivity contribution < 1.29 is 14.3 Å². The molecular weight excluding hydrogens is 390 g/mol. The van der Waals surface area contributed by atoms with Gasteiger partial charge in [0, 0.05) is 28.2 Å². The number of hydrogen-bond acceptors (Lipinski definition) is 4. The normalized spacial score (nSPS) is 11.2. The number of hydrazone groups is 1. The van der Waals surface area contributed by atoms with Gasteiger partial charge in [0.25, 0.3) is 5.91 Å². The summed E-state index contributed by atoms with van der Waals surface area (Å²) < 4.78 is 7.34. The first kappa shape index (κ1) is 22.0. The van der Waals surface area contributed by atoms with Crippen molar-refractivity contribution >= 4 is 18.1 Å². The maximum atomic E-state index is 12.3. The van der Waals surface area contributed by atoms with Gasteiger partial charge in [0.1, 0.15) is 0 Å². The molecule has 1 aromatic heterocycles. The Bertz CT molecular complexity index is 1140. The van der Waals surface area contributed by atoms with E-state index in [1.165, 1.54) is 0 Å². The molecule has 0 atom stereocenters. The number of aryl methyl sites for hydroxylation is 2. The number of aromatic nitrogens is 1. The molecule has 31 heavy (non-hydrogen) atoms. The molecule has 1 heterocycles. The van der Waals surface area contributed by atoms with Crippen LogP contribution < -0.4 is 5.43 Å². The van der Waals surface area contributed by atoms with Crippen LogP contribution in [0.2, 0.25) is 0 Å². The summed E-state index contributed by atoms with van der Waals surface area (Å²) >= 11 is 0. The number of carbonyl (C=O) groups excluding carboxylic acids is 2. The lowest BCUT2D eigenvalue weighted by molar-refractivity contribution is 0.0377. The average Bonchev–Trinajstić information content (AvgIpc) is 3.01. The topological polar surface area (TPSA) is 72.7 Å². The van der Waals surface area contributed by atoms with Crippen molar-refractivity contribution in [3.05, 3.63) is 88.2 Å². The fraction of sp³-hybridized carbons (Fsp3) is 0.240. The van der Waals surface area contributed by atoms with Crippen LogP contribution in [-0.4, -0.2) is 28.8 Å². The van der Waals surface area contributed by atoms with Crippen molar-refractivity contribution in [2.75, 3.05) is 0 Å². The van der Waals surface area contributed by atoms with Gasteiger partial charge in [-0.25, -0.2) is 10.2 Å². The van der Waals surface area contributed by atoms with Crippen molar-refractivity contribution in [1.29, 1.82) is 0 Å². The molecule has 160 valence electrons. The Balaban J connectivity index is 1.81. The summed E-state index contributed by atoms with van der Waals surface area (Å²) in [5.74, 6) is -0.598. The minimum atomic E-state index is -0.347. The van der Waals surface area contributed by atoms with Gasteiger partial charge in [0.15, 0.2) is 0 Å². The number of hydrogen-bond donors (Lipinski definition) is 1. The Hall–Kier alpha value is -3.67. The van der Waals surface area contributed by atoms with Gasteiger partial charge in [0.2, 0.25) is 0 Å². The Morgan fingerprint density at radius 3 is 2.48 bits per heavy atom. The van der Waals surface area contributed by atoms with Gasteiger partial charge in [-0.05, 0) is 70.5 Å². The number of benzene rings is 2. The number of carbonyl (C=O) groups is 2. The van der Waals surface area contributed by atoms with Crippen LogP contribution in [-0.2, 0) is 4.74 Å². The quantitative estimate of drug-likeness (QED) is 0.358. The molecule has 2 aromatic carbocycles. The molecule has 0 radical (unpaired) electrons. The minimum Gasteiger partial charge on any atom is -0.459 e. The number of nitrogens with zero attached hydrogens (tertiary/aromatic N) is 2. The van der Waals surface area contributed by atoms with Crippen molar-refractivity contribution in [2.45, 2.75) is 40.7 Å². The third-order valence-electron chi connectivity index (χ3n) is 4.91. The van der Waals surface area contributed by atoms with Crippen molar-refractivity contribution in [2.24, 2.45) is 5.10 Å². The molecule has 0 spiro atoms. The lowest BCUT2D eigenvalue weighted by Gasteiger charge is -2.12. The predicted molar refractivity (Wildman–Crippen MR) is 122 cm³/mol. The number of nitrogens with one attached hydrogen (secondary N) is 1. The highest BCUT2D eigenvalue weighted by molar-refractivity contribution is 5.96. The lowest BCUT2D eigenvalue weighted by Crippen LogP contribution is -2.18. The van der Waals surface area contributed by atoms with Gasteiger partial charge < -0.3 is 9.30 Å². The fourth-order valence-electron chi connectivity index (χ4n) is 3.42. The van der Waals surface area contributed by atoms with Crippen LogP contribution in [0.15, 0.2) is 59.7 Å². The standard InChI is InChI=1S/C25H27N3O3/c1-16(2)31-25(30)20-10-8-11-22(14-20)28-18(4)13-21(19(28)5)15-26-27-24(29)23-12-7-6-9-17(23)3/h6-16H,1-5H3,(H,27,29)/b26-15+. The maximum absolute atomic E-state index is 12.3. The molecular formula is C25H27N3O3. The molecule has 0 fully saturated rings. The number of amides is 1. The molecule has 0 saturated carbocycles. The van der Waals surface area contributed by atoms with Crippen molar-refractivity contribution in [3.8, 4) is 5.69 Å². The van der Waals surface area contributed by atoms with Crippen LogP contribution in [0, 0.1) is 20.8 Å². The molecule has 6 nitrogen and oxygen atoms in total. The minimum absolute atomic E-state index is 0.177. The van der Waals surface area contributed by atoms with Crippen LogP contribution in [0.1, 0.15) is 57.1 Å². The second kappa shape index (κ2) is 9.43. The van der Waals surface area contributed by atoms with Crippen molar-refractivity contribution in [1.82, 2.24) is 9.99 Å². The van der Waals surface area contributed by atoms with Gasteiger partial charge in [-0.3, -0.25) is 4.79 Å². The van der Waals surface area contributed by atoms with E-state index in [-0.39, 0.29) is 18.0 Å². The van der Waals surface area contributed by atoms with E-state index in [2.05, 4.69) is 10.5 Å². The van der Waals surface area contributed by atoms with E-state index >= 15 is 0 Å². The monoisotopic (exact) mass is 417 g/mol. The summed E-state index contributed by atoms with van der Waals surface area (Å²) in [6.07, 6.45) is 1.45. The highest BCUT2D eigenvalue weighted by Gasteiger charge is 2.14. The Labute approximate surface area is 182 Å². The number of rotatable bonds is 6. The van der Waals surface area contributed by atoms with E-state index in [4.69, 9.17) is 4.74 Å². The van der Waals surface area contributed by atoms with E-state index < -0.39 is 0 Å². The molecule has 0 bridgehead atoms. The van der Waals surface area contributed by atoms with E-state index in [1.54, 1.807) is 18.3 Å². The summed E-state index contributed by atoms with van der Waals surface area (Å²) in [6.45, 7) is 9.49. The first-order valence-electron chi connectivity index (χ1n) is 10.2. The van der Waals surface area contributed by atoms with Crippen LogP contribution in [0.25, 0.3) is 5.69 Å². The van der Waals surface area contributed by atoms with E-state index in [0.717, 1.165) is 28.2 Å². The molecule has 0 unspecified atom stereocenters. The molecule has 0 aliphatic carbocycles. The SMILES string of the molecule is Cc1ccccc1C(=O)N/N=C/c1cc(C)n(-c2cccc(C(=O)OC(C)C)c2)c1C. The highest BCUT2D eigenvalue weighted by Crippen LogP contribution is 2.21. The van der Waals surface area contributed by atoms with Crippen LogP contribution in [0.3, 0.4) is 0 Å². The van der Waals surface area contributed by atoms with E-state index in [1.807, 2.05) is 81.7 Å². The molecule has 1 amide bonds. The van der Waals surface area contributed by atoms with Gasteiger partial charge in [-0.15, -0.1) is 0 Å². The zero-order valence-corrected chi connectivity index (χ0v) is 18.5. The number of ether oxygens (including phenoxy) is 1. The third kappa shape index (κ3) is 5.09. The van der Waals surface area contributed by atoms with Crippen molar-refractivity contribution in [3.63, 3.8) is 0 Å². The second-order valence-electron chi connectivity index (χ2n) is 7.68. The van der Waals surface area contributed by atoms with Crippen LogP contribution in [0.4, 0.5) is 0 Å². The summed E-state index contributed by atoms with van der Waals surface area (Å²) in [4.78, 5) is 24.6. The Kier molecular flexibility index (Phi) is 6.70. The zero-order chi connectivity index (χ0) is 22.5.